The van der Waals surface area contributed by atoms with Crippen LogP contribution in [0.5, 0.6) is 0 Å². The standard InChI is InChI=1S/C24H29N3O6S/c1-15(26-21(29)16-8-4-3-5-9-16)24(31)33-14-19(28)27-23-20(22(30)25-12-13-32-2)17-10-6-7-11-18(17)34-23/h3-5,8-9,15H,6-7,10-14H2,1-2H3,(H,25,30)(H,26,29)(H,27,28)/t15-/m0/s1. The molecule has 0 bridgehead atoms. The fraction of sp³-hybridized carbons (Fsp3) is 0.417. The van der Waals surface area contributed by atoms with E-state index >= 15 is 0 Å². The largest absolute Gasteiger partial charge is 0.454 e. The van der Waals surface area contributed by atoms with E-state index in [9.17, 15) is 19.2 Å². The van der Waals surface area contributed by atoms with Crippen molar-refractivity contribution in [2.75, 3.05) is 32.2 Å². The Morgan fingerprint density at radius 3 is 2.53 bits per heavy atom. The lowest BCUT2D eigenvalue weighted by Gasteiger charge is -2.14. The van der Waals surface area contributed by atoms with Crippen molar-refractivity contribution < 1.29 is 28.7 Å². The molecule has 0 unspecified atom stereocenters. The summed E-state index contributed by atoms with van der Waals surface area (Å²) in [5, 5.41) is 8.53. The lowest BCUT2D eigenvalue weighted by Crippen LogP contribution is -2.40. The number of thiophene rings is 1. The number of carbonyl (C=O) groups is 4. The van der Waals surface area contributed by atoms with Crippen molar-refractivity contribution in [3.8, 4) is 0 Å². The summed E-state index contributed by atoms with van der Waals surface area (Å²) in [6.07, 6.45) is 3.67. The molecule has 1 aromatic heterocycles. The molecule has 0 saturated carbocycles. The highest BCUT2D eigenvalue weighted by molar-refractivity contribution is 7.17. The van der Waals surface area contributed by atoms with Crippen LogP contribution in [-0.2, 0) is 31.9 Å². The van der Waals surface area contributed by atoms with Crippen LogP contribution in [0.1, 0.15) is 50.9 Å². The topological polar surface area (TPSA) is 123 Å². The van der Waals surface area contributed by atoms with Crippen LogP contribution in [0.4, 0.5) is 5.00 Å². The molecule has 182 valence electrons. The average molecular weight is 488 g/mol. The number of ether oxygens (including phenoxy) is 2. The number of esters is 1. The van der Waals surface area contributed by atoms with Crippen molar-refractivity contribution in [3.05, 3.63) is 51.9 Å². The van der Waals surface area contributed by atoms with Gasteiger partial charge in [0.25, 0.3) is 17.7 Å². The molecule has 3 amide bonds. The Kier molecular flexibility index (Phi) is 9.17. The number of hydrogen-bond acceptors (Lipinski definition) is 7. The maximum Gasteiger partial charge on any atom is 0.328 e. The average Bonchev–Trinajstić information content (AvgIpc) is 3.20. The maximum absolute atomic E-state index is 12.8. The Morgan fingerprint density at radius 2 is 1.79 bits per heavy atom. The Bertz CT molecular complexity index is 1040. The number of anilines is 1. The summed E-state index contributed by atoms with van der Waals surface area (Å²) in [6, 6.07) is 7.55. The predicted octanol–water partition coefficient (Wildman–Crippen LogP) is 2.30. The van der Waals surface area contributed by atoms with Gasteiger partial charge in [0.05, 0.1) is 12.2 Å². The molecule has 0 saturated heterocycles. The number of nitrogens with one attached hydrogen (secondary N) is 3. The Labute approximate surface area is 202 Å². The van der Waals surface area contributed by atoms with Crippen molar-refractivity contribution in [2.24, 2.45) is 0 Å². The summed E-state index contributed by atoms with van der Waals surface area (Å²) in [5.41, 5.74) is 1.85. The first-order chi connectivity index (χ1) is 16.4. The molecule has 1 aliphatic carbocycles. The van der Waals surface area contributed by atoms with Gasteiger partial charge in [-0.25, -0.2) is 4.79 Å². The SMILES string of the molecule is COCCNC(=O)c1c(NC(=O)COC(=O)[C@H](C)NC(=O)c2ccccc2)sc2c1CCCC2. The normalized spacial score (nSPS) is 13.4. The zero-order valence-electron chi connectivity index (χ0n) is 19.3. The molecule has 3 N–H and O–H groups in total. The fourth-order valence-corrected chi connectivity index (χ4v) is 4.90. The molecule has 0 fully saturated rings. The minimum Gasteiger partial charge on any atom is -0.454 e. The van der Waals surface area contributed by atoms with Crippen molar-refractivity contribution in [1.29, 1.82) is 0 Å². The third-order valence-corrected chi connectivity index (χ3v) is 6.53. The summed E-state index contributed by atoms with van der Waals surface area (Å²) in [5.74, 6) is -1.97. The van der Waals surface area contributed by atoms with Gasteiger partial charge in [-0.05, 0) is 50.3 Å². The van der Waals surface area contributed by atoms with Gasteiger partial charge in [-0.1, -0.05) is 18.2 Å². The number of methoxy groups -OCH3 is 1. The van der Waals surface area contributed by atoms with Crippen LogP contribution in [0.25, 0.3) is 0 Å². The minimum absolute atomic E-state index is 0.263. The molecule has 2 aromatic rings. The van der Waals surface area contributed by atoms with E-state index in [2.05, 4.69) is 16.0 Å². The second-order valence-electron chi connectivity index (χ2n) is 7.88. The van der Waals surface area contributed by atoms with E-state index in [4.69, 9.17) is 9.47 Å². The van der Waals surface area contributed by atoms with Crippen LogP contribution in [0.2, 0.25) is 0 Å². The summed E-state index contributed by atoms with van der Waals surface area (Å²) in [7, 11) is 1.56. The van der Waals surface area contributed by atoms with Crippen molar-refractivity contribution in [1.82, 2.24) is 10.6 Å². The number of hydrogen-bond donors (Lipinski definition) is 3. The van der Waals surface area contributed by atoms with E-state index in [1.807, 2.05) is 0 Å². The lowest BCUT2D eigenvalue weighted by atomic mass is 9.95. The summed E-state index contributed by atoms with van der Waals surface area (Å²) in [4.78, 5) is 50.8. The minimum atomic E-state index is -0.934. The second-order valence-corrected chi connectivity index (χ2v) is 8.99. The Hall–Kier alpha value is -3.24. The fourth-order valence-electron chi connectivity index (χ4n) is 3.60. The molecule has 0 radical (unpaired) electrons. The summed E-state index contributed by atoms with van der Waals surface area (Å²) >= 11 is 1.38. The number of benzene rings is 1. The van der Waals surface area contributed by atoms with Crippen LogP contribution >= 0.6 is 11.3 Å². The molecule has 34 heavy (non-hydrogen) atoms. The number of amides is 3. The first kappa shape index (κ1) is 25.4. The highest BCUT2D eigenvalue weighted by Crippen LogP contribution is 2.38. The van der Waals surface area contributed by atoms with Crippen LogP contribution in [0.3, 0.4) is 0 Å². The van der Waals surface area contributed by atoms with E-state index in [-0.39, 0.29) is 5.91 Å². The third-order valence-electron chi connectivity index (χ3n) is 5.33. The molecule has 10 heteroatoms. The molecule has 1 aromatic carbocycles. The molecular formula is C24H29N3O6S. The van der Waals surface area contributed by atoms with E-state index < -0.39 is 30.4 Å². The first-order valence-corrected chi connectivity index (χ1v) is 12.0. The molecule has 3 rings (SSSR count). The van der Waals surface area contributed by atoms with Gasteiger partial charge in [0.15, 0.2) is 6.61 Å². The van der Waals surface area contributed by atoms with Crippen LogP contribution in [0, 0.1) is 0 Å². The van der Waals surface area contributed by atoms with Gasteiger partial charge in [0.2, 0.25) is 0 Å². The molecule has 0 spiro atoms. The molecule has 1 aliphatic rings. The maximum atomic E-state index is 12.8. The zero-order valence-corrected chi connectivity index (χ0v) is 20.1. The van der Waals surface area contributed by atoms with E-state index in [1.54, 1.807) is 37.4 Å². The summed E-state index contributed by atoms with van der Waals surface area (Å²) < 4.78 is 10.1. The molecule has 1 atom stereocenters. The lowest BCUT2D eigenvalue weighted by molar-refractivity contribution is -0.148. The van der Waals surface area contributed by atoms with E-state index in [1.165, 1.54) is 18.3 Å². The van der Waals surface area contributed by atoms with Gasteiger partial charge < -0.3 is 25.4 Å². The van der Waals surface area contributed by atoms with Gasteiger partial charge in [0.1, 0.15) is 11.0 Å². The highest BCUT2D eigenvalue weighted by Gasteiger charge is 2.27. The number of fused-ring (bicyclic) bond motifs is 1. The van der Waals surface area contributed by atoms with Crippen LogP contribution in [-0.4, -0.2) is 56.6 Å². The van der Waals surface area contributed by atoms with Crippen molar-refractivity contribution in [2.45, 2.75) is 38.6 Å². The first-order valence-electron chi connectivity index (χ1n) is 11.1. The molecule has 0 aliphatic heterocycles. The van der Waals surface area contributed by atoms with Crippen molar-refractivity contribution >= 4 is 40.0 Å². The van der Waals surface area contributed by atoms with Gasteiger partial charge in [-0.2, -0.15) is 0 Å². The van der Waals surface area contributed by atoms with Crippen LogP contribution in [0.15, 0.2) is 30.3 Å². The molecule has 9 nitrogen and oxygen atoms in total. The number of rotatable bonds is 10. The quantitative estimate of drug-likeness (QED) is 0.349. The molecule has 1 heterocycles. The van der Waals surface area contributed by atoms with Crippen molar-refractivity contribution in [3.63, 3.8) is 0 Å². The Balaban J connectivity index is 1.57. The third kappa shape index (κ3) is 6.64. The van der Waals surface area contributed by atoms with Gasteiger partial charge in [0, 0.05) is 24.1 Å². The smallest absolute Gasteiger partial charge is 0.328 e. The Morgan fingerprint density at radius 1 is 1.06 bits per heavy atom. The number of carbonyl (C=O) groups excluding carboxylic acids is 4. The highest BCUT2D eigenvalue weighted by atomic mass is 32.1. The second kappa shape index (κ2) is 12.3. The summed E-state index contributed by atoms with van der Waals surface area (Å²) in [6.45, 7) is 1.70. The zero-order chi connectivity index (χ0) is 24.5. The van der Waals surface area contributed by atoms with Gasteiger partial charge >= 0.3 is 5.97 Å². The molecular weight excluding hydrogens is 458 g/mol. The number of aryl methyl sites for hydroxylation is 1. The monoisotopic (exact) mass is 487 g/mol. The van der Waals surface area contributed by atoms with Gasteiger partial charge in [-0.15, -0.1) is 11.3 Å². The van der Waals surface area contributed by atoms with E-state index in [0.29, 0.717) is 29.3 Å². The predicted molar refractivity (Wildman–Crippen MR) is 128 cm³/mol. The van der Waals surface area contributed by atoms with Gasteiger partial charge in [-0.3, -0.25) is 14.4 Å². The van der Waals surface area contributed by atoms with Crippen LogP contribution < -0.4 is 16.0 Å². The van der Waals surface area contributed by atoms with E-state index in [0.717, 1.165) is 36.1 Å².